The molecule has 0 bridgehead atoms. The molecular formula is C14H25NO3. The summed E-state index contributed by atoms with van der Waals surface area (Å²) in [6.45, 7) is 5.58. The first-order chi connectivity index (χ1) is 8.43. The van der Waals surface area contributed by atoms with E-state index in [0.29, 0.717) is 26.2 Å². The quantitative estimate of drug-likeness (QED) is 0.803. The van der Waals surface area contributed by atoms with Gasteiger partial charge in [0.1, 0.15) is 5.60 Å². The molecule has 1 aliphatic heterocycles. The number of amides is 1. The van der Waals surface area contributed by atoms with Crippen LogP contribution in [0.4, 0.5) is 0 Å². The van der Waals surface area contributed by atoms with Gasteiger partial charge in [0.05, 0.1) is 6.61 Å². The minimum Gasteiger partial charge on any atom is -0.386 e. The SMILES string of the molecule is CC1(C)CCCCC1C(=O)NCC1(O)CCOC1. The second-order valence-corrected chi connectivity index (χ2v) is 6.53. The Balaban J connectivity index is 1.87. The zero-order valence-electron chi connectivity index (χ0n) is 11.5. The summed E-state index contributed by atoms with van der Waals surface area (Å²) in [4.78, 5) is 12.2. The number of nitrogens with one attached hydrogen (secondary N) is 1. The Bertz CT molecular complexity index is 308. The maximum atomic E-state index is 12.2. The fourth-order valence-corrected chi connectivity index (χ4v) is 3.09. The van der Waals surface area contributed by atoms with Gasteiger partial charge in [-0.3, -0.25) is 4.79 Å². The molecule has 0 spiro atoms. The summed E-state index contributed by atoms with van der Waals surface area (Å²) in [6.07, 6.45) is 5.04. The van der Waals surface area contributed by atoms with Gasteiger partial charge in [-0.15, -0.1) is 0 Å². The Morgan fingerprint density at radius 3 is 2.78 bits per heavy atom. The standard InChI is InChI=1S/C14H25NO3/c1-13(2)6-4-3-5-11(13)12(16)15-9-14(17)7-8-18-10-14/h11,17H,3-10H2,1-2H3,(H,15,16). The Hall–Kier alpha value is -0.610. The van der Waals surface area contributed by atoms with Gasteiger partial charge < -0.3 is 15.2 Å². The van der Waals surface area contributed by atoms with Crippen LogP contribution < -0.4 is 5.32 Å². The zero-order chi connectivity index (χ0) is 13.2. The van der Waals surface area contributed by atoms with Crippen molar-refractivity contribution in [2.45, 2.75) is 51.6 Å². The number of carbonyl (C=O) groups is 1. The lowest BCUT2D eigenvalue weighted by atomic mass is 9.68. The van der Waals surface area contributed by atoms with E-state index in [9.17, 15) is 9.90 Å². The fourth-order valence-electron chi connectivity index (χ4n) is 3.09. The summed E-state index contributed by atoms with van der Waals surface area (Å²) in [5.41, 5.74) is -0.772. The highest BCUT2D eigenvalue weighted by molar-refractivity contribution is 5.79. The van der Waals surface area contributed by atoms with Crippen molar-refractivity contribution in [3.63, 3.8) is 0 Å². The third-order valence-corrected chi connectivity index (χ3v) is 4.50. The van der Waals surface area contributed by atoms with Crippen LogP contribution in [0.1, 0.15) is 46.0 Å². The lowest BCUT2D eigenvalue weighted by Gasteiger charge is -2.38. The summed E-state index contributed by atoms with van der Waals surface area (Å²) < 4.78 is 5.18. The topological polar surface area (TPSA) is 58.6 Å². The van der Waals surface area contributed by atoms with Gasteiger partial charge >= 0.3 is 0 Å². The van der Waals surface area contributed by atoms with Crippen molar-refractivity contribution in [2.75, 3.05) is 19.8 Å². The summed E-state index contributed by atoms with van der Waals surface area (Å²) in [5, 5.41) is 13.1. The van der Waals surface area contributed by atoms with Crippen LogP contribution in [-0.2, 0) is 9.53 Å². The predicted octanol–water partition coefficient (Wildman–Crippen LogP) is 1.47. The number of carbonyl (C=O) groups excluding carboxylic acids is 1. The largest absolute Gasteiger partial charge is 0.386 e. The first kappa shape index (κ1) is 13.8. The van der Waals surface area contributed by atoms with E-state index in [2.05, 4.69) is 19.2 Å². The average Bonchev–Trinajstić information content (AvgIpc) is 2.73. The smallest absolute Gasteiger partial charge is 0.223 e. The van der Waals surface area contributed by atoms with E-state index in [1.807, 2.05) is 0 Å². The van der Waals surface area contributed by atoms with Crippen LogP contribution in [0.15, 0.2) is 0 Å². The maximum absolute atomic E-state index is 12.2. The van der Waals surface area contributed by atoms with E-state index in [-0.39, 0.29) is 17.2 Å². The minimum absolute atomic E-state index is 0.0805. The lowest BCUT2D eigenvalue weighted by Crippen LogP contribution is -2.48. The molecule has 1 amide bonds. The molecule has 1 heterocycles. The molecule has 2 unspecified atom stereocenters. The first-order valence-electron chi connectivity index (χ1n) is 7.01. The van der Waals surface area contributed by atoms with Gasteiger partial charge in [-0.25, -0.2) is 0 Å². The van der Waals surface area contributed by atoms with Gasteiger partial charge in [-0.05, 0) is 18.3 Å². The monoisotopic (exact) mass is 255 g/mol. The molecule has 2 N–H and O–H groups in total. The van der Waals surface area contributed by atoms with E-state index in [0.717, 1.165) is 19.3 Å². The summed E-state index contributed by atoms with van der Waals surface area (Å²) in [5.74, 6) is 0.178. The van der Waals surface area contributed by atoms with E-state index in [1.54, 1.807) is 0 Å². The van der Waals surface area contributed by atoms with Gasteiger partial charge in [-0.1, -0.05) is 26.7 Å². The summed E-state index contributed by atoms with van der Waals surface area (Å²) in [6, 6.07) is 0. The van der Waals surface area contributed by atoms with Crippen molar-refractivity contribution >= 4 is 5.91 Å². The second-order valence-electron chi connectivity index (χ2n) is 6.53. The van der Waals surface area contributed by atoms with Crippen LogP contribution in [0.5, 0.6) is 0 Å². The predicted molar refractivity (Wildman–Crippen MR) is 69.1 cm³/mol. The number of aliphatic hydroxyl groups is 1. The molecule has 2 fully saturated rings. The second kappa shape index (κ2) is 5.17. The van der Waals surface area contributed by atoms with Crippen LogP contribution >= 0.6 is 0 Å². The minimum atomic E-state index is -0.853. The molecule has 2 rings (SSSR count). The van der Waals surface area contributed by atoms with Gasteiger partial charge in [0, 0.05) is 25.5 Å². The van der Waals surface area contributed by atoms with Crippen molar-refractivity contribution in [2.24, 2.45) is 11.3 Å². The first-order valence-corrected chi connectivity index (χ1v) is 7.01. The van der Waals surface area contributed by atoms with Gasteiger partial charge in [-0.2, -0.15) is 0 Å². The third kappa shape index (κ3) is 3.04. The number of hydrogen-bond acceptors (Lipinski definition) is 3. The third-order valence-electron chi connectivity index (χ3n) is 4.50. The van der Waals surface area contributed by atoms with E-state index in [4.69, 9.17) is 4.74 Å². The van der Waals surface area contributed by atoms with Crippen molar-refractivity contribution in [3.05, 3.63) is 0 Å². The highest BCUT2D eigenvalue weighted by Gasteiger charge is 2.39. The molecule has 4 heteroatoms. The molecule has 0 radical (unpaired) electrons. The fraction of sp³-hybridized carbons (Fsp3) is 0.929. The Morgan fingerprint density at radius 1 is 1.39 bits per heavy atom. The average molecular weight is 255 g/mol. The van der Waals surface area contributed by atoms with Crippen LogP contribution in [0, 0.1) is 11.3 Å². The van der Waals surface area contributed by atoms with Crippen LogP contribution in [0.25, 0.3) is 0 Å². The molecule has 0 aromatic carbocycles. The van der Waals surface area contributed by atoms with Crippen molar-refractivity contribution in [1.29, 1.82) is 0 Å². The van der Waals surface area contributed by atoms with Crippen molar-refractivity contribution < 1.29 is 14.6 Å². The molecule has 1 aliphatic carbocycles. The molecule has 0 aromatic heterocycles. The molecule has 4 nitrogen and oxygen atoms in total. The van der Waals surface area contributed by atoms with Gasteiger partial charge in [0.25, 0.3) is 0 Å². The maximum Gasteiger partial charge on any atom is 0.223 e. The lowest BCUT2D eigenvalue weighted by molar-refractivity contribution is -0.131. The highest BCUT2D eigenvalue weighted by atomic mass is 16.5. The van der Waals surface area contributed by atoms with Crippen molar-refractivity contribution in [1.82, 2.24) is 5.32 Å². The van der Waals surface area contributed by atoms with Gasteiger partial charge in [0.15, 0.2) is 0 Å². The van der Waals surface area contributed by atoms with E-state index >= 15 is 0 Å². The molecule has 104 valence electrons. The van der Waals surface area contributed by atoms with E-state index in [1.165, 1.54) is 6.42 Å². The summed E-state index contributed by atoms with van der Waals surface area (Å²) in [7, 11) is 0. The van der Waals surface area contributed by atoms with Crippen LogP contribution in [0.2, 0.25) is 0 Å². The number of hydrogen-bond donors (Lipinski definition) is 2. The Kier molecular flexibility index (Phi) is 3.97. The summed E-state index contributed by atoms with van der Waals surface area (Å²) >= 11 is 0. The molecule has 18 heavy (non-hydrogen) atoms. The molecule has 1 saturated carbocycles. The van der Waals surface area contributed by atoms with Gasteiger partial charge in [0.2, 0.25) is 5.91 Å². The molecular weight excluding hydrogens is 230 g/mol. The molecule has 1 saturated heterocycles. The highest BCUT2D eigenvalue weighted by Crippen LogP contribution is 2.40. The number of rotatable bonds is 3. The van der Waals surface area contributed by atoms with Crippen LogP contribution in [0.3, 0.4) is 0 Å². The Labute approximate surface area is 109 Å². The van der Waals surface area contributed by atoms with Crippen LogP contribution in [-0.4, -0.2) is 36.4 Å². The normalized spacial score (nSPS) is 35.4. The molecule has 2 atom stereocenters. The molecule has 0 aromatic rings. The van der Waals surface area contributed by atoms with E-state index < -0.39 is 5.60 Å². The zero-order valence-corrected chi connectivity index (χ0v) is 11.5. The molecule has 2 aliphatic rings. The van der Waals surface area contributed by atoms with Crippen molar-refractivity contribution in [3.8, 4) is 0 Å². The number of ether oxygens (including phenoxy) is 1. The Morgan fingerprint density at radius 2 is 2.17 bits per heavy atom.